The van der Waals surface area contributed by atoms with Crippen LogP contribution in [0, 0.1) is 0 Å². The molecule has 9 heteroatoms. The smallest absolute Gasteiger partial charge is 0.244 e. The van der Waals surface area contributed by atoms with Crippen molar-refractivity contribution in [3.63, 3.8) is 0 Å². The Labute approximate surface area is 172 Å². The molecule has 29 heavy (non-hydrogen) atoms. The first-order valence-corrected chi connectivity index (χ1v) is 11.6. The van der Waals surface area contributed by atoms with Crippen LogP contribution in [-0.4, -0.2) is 73.9 Å². The zero-order valence-corrected chi connectivity index (χ0v) is 17.6. The lowest BCUT2D eigenvalue weighted by molar-refractivity contribution is 0.222. The Balaban J connectivity index is 1.40. The number of likely N-dealkylation sites (N-methyl/N-ethyl adjacent to an activating group) is 1. The number of piperazine rings is 1. The predicted octanol–water partition coefficient (Wildman–Crippen LogP) is 2.15. The van der Waals surface area contributed by atoms with Gasteiger partial charge in [0.25, 0.3) is 0 Å². The first kappa shape index (κ1) is 20.1. The highest BCUT2D eigenvalue weighted by atomic mass is 32.2. The van der Waals surface area contributed by atoms with Crippen LogP contribution in [0.5, 0.6) is 0 Å². The molecule has 0 saturated carbocycles. The van der Waals surface area contributed by atoms with E-state index in [1.165, 1.54) is 29.8 Å². The van der Waals surface area contributed by atoms with Crippen molar-refractivity contribution in [3.05, 3.63) is 36.7 Å². The molecule has 0 amide bonds. The average Bonchev–Trinajstić information content (AvgIpc) is 2.76. The summed E-state index contributed by atoms with van der Waals surface area (Å²) in [5, 5.41) is 3.19. The number of sulfonamides is 1. The third kappa shape index (κ3) is 4.68. The molecule has 2 aromatic rings. The third-order valence-corrected chi connectivity index (χ3v) is 7.42. The molecule has 0 radical (unpaired) electrons. The van der Waals surface area contributed by atoms with E-state index < -0.39 is 10.0 Å². The van der Waals surface area contributed by atoms with Gasteiger partial charge in [-0.25, -0.2) is 18.4 Å². The van der Waals surface area contributed by atoms with Crippen LogP contribution < -0.4 is 10.2 Å². The van der Waals surface area contributed by atoms with Gasteiger partial charge in [0, 0.05) is 45.5 Å². The first-order valence-electron chi connectivity index (χ1n) is 10.2. The van der Waals surface area contributed by atoms with Gasteiger partial charge in [-0.15, -0.1) is 0 Å². The van der Waals surface area contributed by atoms with Crippen LogP contribution >= 0.6 is 0 Å². The molecule has 2 saturated heterocycles. The molecule has 0 unspecified atom stereocenters. The van der Waals surface area contributed by atoms with E-state index in [1.807, 2.05) is 19.2 Å². The molecular weight excluding hydrogens is 388 g/mol. The maximum atomic E-state index is 12.8. The average molecular weight is 417 g/mol. The Morgan fingerprint density at radius 1 is 0.862 bits per heavy atom. The molecule has 2 fully saturated rings. The van der Waals surface area contributed by atoms with Crippen molar-refractivity contribution >= 4 is 27.3 Å². The number of anilines is 3. The predicted molar refractivity (Wildman–Crippen MR) is 114 cm³/mol. The Morgan fingerprint density at radius 3 is 2.24 bits per heavy atom. The standard InChI is InChI=1S/C20H28N6O2S/c1-24-11-13-26(14-12-24)29(27,28)18-6-7-19(21-16-18)23-17-5-8-20(22-15-17)25-9-3-2-4-10-25/h5-8,15-16H,2-4,9-14H2,1H3,(H,21,23). The number of nitrogens with one attached hydrogen (secondary N) is 1. The molecule has 0 spiro atoms. The molecule has 156 valence electrons. The molecule has 1 N–H and O–H groups in total. The molecule has 2 aliphatic rings. The summed E-state index contributed by atoms with van der Waals surface area (Å²) >= 11 is 0. The van der Waals surface area contributed by atoms with Gasteiger partial charge in [0.15, 0.2) is 0 Å². The number of nitrogens with zero attached hydrogens (tertiary/aromatic N) is 5. The summed E-state index contributed by atoms with van der Waals surface area (Å²) in [6.45, 7) is 4.62. The second-order valence-corrected chi connectivity index (χ2v) is 9.60. The zero-order chi connectivity index (χ0) is 20.3. The number of hydrogen-bond donors (Lipinski definition) is 1. The molecule has 8 nitrogen and oxygen atoms in total. The monoisotopic (exact) mass is 416 g/mol. The fourth-order valence-corrected chi connectivity index (χ4v) is 5.07. The lowest BCUT2D eigenvalue weighted by atomic mass is 10.1. The van der Waals surface area contributed by atoms with E-state index in [9.17, 15) is 8.42 Å². The summed E-state index contributed by atoms with van der Waals surface area (Å²) in [4.78, 5) is 13.5. The van der Waals surface area contributed by atoms with E-state index in [1.54, 1.807) is 18.3 Å². The van der Waals surface area contributed by atoms with E-state index in [4.69, 9.17) is 0 Å². The van der Waals surface area contributed by atoms with E-state index >= 15 is 0 Å². The van der Waals surface area contributed by atoms with Crippen molar-refractivity contribution < 1.29 is 8.42 Å². The SMILES string of the molecule is CN1CCN(S(=O)(=O)c2ccc(Nc3ccc(N4CCCCC4)nc3)nc2)CC1. The van der Waals surface area contributed by atoms with E-state index in [-0.39, 0.29) is 4.90 Å². The lowest BCUT2D eigenvalue weighted by Gasteiger charge is -2.31. The molecular formula is C20H28N6O2S. The van der Waals surface area contributed by atoms with Crippen molar-refractivity contribution in [2.45, 2.75) is 24.2 Å². The van der Waals surface area contributed by atoms with Gasteiger partial charge >= 0.3 is 0 Å². The van der Waals surface area contributed by atoms with Crippen LogP contribution in [0.4, 0.5) is 17.3 Å². The number of piperidine rings is 1. The lowest BCUT2D eigenvalue weighted by Crippen LogP contribution is -2.47. The van der Waals surface area contributed by atoms with Crippen molar-refractivity contribution in [1.82, 2.24) is 19.2 Å². The van der Waals surface area contributed by atoms with Crippen molar-refractivity contribution in [3.8, 4) is 0 Å². The van der Waals surface area contributed by atoms with Crippen molar-refractivity contribution in [1.29, 1.82) is 0 Å². The Bertz CT molecular complexity index is 903. The summed E-state index contributed by atoms with van der Waals surface area (Å²) in [5.41, 5.74) is 0.827. The van der Waals surface area contributed by atoms with Crippen LogP contribution in [0.1, 0.15) is 19.3 Å². The minimum atomic E-state index is -3.49. The number of hydrogen-bond acceptors (Lipinski definition) is 7. The van der Waals surface area contributed by atoms with Gasteiger partial charge in [-0.3, -0.25) is 0 Å². The van der Waals surface area contributed by atoms with Crippen molar-refractivity contribution in [2.75, 3.05) is 56.5 Å². The number of aromatic nitrogens is 2. The van der Waals surface area contributed by atoms with Gasteiger partial charge < -0.3 is 15.1 Å². The summed E-state index contributed by atoms with van der Waals surface area (Å²) in [5.74, 6) is 1.59. The first-order chi connectivity index (χ1) is 14.0. The Morgan fingerprint density at radius 2 is 1.62 bits per heavy atom. The van der Waals surface area contributed by atoms with Crippen LogP contribution in [0.15, 0.2) is 41.6 Å². The summed E-state index contributed by atoms with van der Waals surface area (Å²) in [6, 6.07) is 7.30. The van der Waals surface area contributed by atoms with Gasteiger partial charge in [-0.1, -0.05) is 0 Å². The fraction of sp³-hybridized carbons (Fsp3) is 0.500. The van der Waals surface area contributed by atoms with Crippen LogP contribution in [0.2, 0.25) is 0 Å². The minimum Gasteiger partial charge on any atom is -0.357 e. The largest absolute Gasteiger partial charge is 0.357 e. The van der Waals surface area contributed by atoms with Gasteiger partial charge in [-0.2, -0.15) is 4.31 Å². The maximum Gasteiger partial charge on any atom is 0.244 e. The zero-order valence-electron chi connectivity index (χ0n) is 16.8. The Kier molecular flexibility index (Phi) is 5.98. The normalized spacial score (nSPS) is 19.3. The van der Waals surface area contributed by atoms with Gasteiger partial charge in [-0.05, 0) is 50.6 Å². The molecule has 0 aliphatic carbocycles. The Hall–Kier alpha value is -2.23. The van der Waals surface area contributed by atoms with Crippen molar-refractivity contribution in [2.24, 2.45) is 0 Å². The van der Waals surface area contributed by atoms with E-state index in [0.717, 1.165) is 37.7 Å². The highest BCUT2D eigenvalue weighted by Crippen LogP contribution is 2.22. The molecule has 0 atom stereocenters. The fourth-order valence-electron chi connectivity index (χ4n) is 3.70. The molecule has 2 aromatic heterocycles. The van der Waals surface area contributed by atoms with Gasteiger partial charge in [0.2, 0.25) is 10.0 Å². The highest BCUT2D eigenvalue weighted by Gasteiger charge is 2.27. The molecule has 0 aromatic carbocycles. The molecule has 2 aliphatic heterocycles. The number of pyridine rings is 2. The minimum absolute atomic E-state index is 0.228. The quantitative estimate of drug-likeness (QED) is 0.800. The summed E-state index contributed by atoms with van der Waals surface area (Å²) in [7, 11) is -1.49. The van der Waals surface area contributed by atoms with E-state index in [2.05, 4.69) is 25.1 Å². The highest BCUT2D eigenvalue weighted by molar-refractivity contribution is 7.89. The second kappa shape index (κ2) is 8.64. The van der Waals surface area contributed by atoms with Crippen LogP contribution in [-0.2, 0) is 10.0 Å². The van der Waals surface area contributed by atoms with Gasteiger partial charge in [0.1, 0.15) is 16.5 Å². The van der Waals surface area contributed by atoms with Crippen LogP contribution in [0.25, 0.3) is 0 Å². The van der Waals surface area contributed by atoms with Gasteiger partial charge in [0.05, 0.1) is 11.9 Å². The second-order valence-electron chi connectivity index (χ2n) is 7.66. The molecule has 4 heterocycles. The summed E-state index contributed by atoms with van der Waals surface area (Å²) < 4.78 is 27.1. The molecule has 4 rings (SSSR count). The topological polar surface area (TPSA) is 81.7 Å². The molecule has 0 bridgehead atoms. The maximum absolute atomic E-state index is 12.8. The van der Waals surface area contributed by atoms with Crippen LogP contribution in [0.3, 0.4) is 0 Å². The number of rotatable bonds is 5. The van der Waals surface area contributed by atoms with E-state index in [0.29, 0.717) is 18.9 Å². The third-order valence-electron chi connectivity index (χ3n) is 5.54. The summed E-state index contributed by atoms with van der Waals surface area (Å²) in [6.07, 6.45) is 6.94.